The molecule has 3 heteroatoms. The average Bonchev–Trinajstić information content (AvgIpc) is 2.45. The lowest BCUT2D eigenvalue weighted by Crippen LogP contribution is -2.28. The molecule has 1 amide bonds. The molecule has 98 valence electrons. The van der Waals surface area contributed by atoms with Crippen LogP contribution in [0.2, 0.25) is 0 Å². The SMILES string of the molecule is Cc1cccc(C(O)C(=O)NCc2ccccc2)c1. The summed E-state index contributed by atoms with van der Waals surface area (Å²) in [4.78, 5) is 11.9. The fourth-order valence-electron chi connectivity index (χ4n) is 1.87. The van der Waals surface area contributed by atoms with Crippen LogP contribution in [0.25, 0.3) is 0 Å². The largest absolute Gasteiger partial charge is 0.378 e. The maximum absolute atomic E-state index is 11.9. The first-order valence-corrected chi connectivity index (χ1v) is 6.23. The van der Waals surface area contributed by atoms with E-state index in [1.807, 2.05) is 55.5 Å². The summed E-state index contributed by atoms with van der Waals surface area (Å²) in [6, 6.07) is 16.9. The first kappa shape index (κ1) is 13.3. The highest BCUT2D eigenvalue weighted by Crippen LogP contribution is 2.14. The Kier molecular flexibility index (Phi) is 4.31. The number of hydrogen-bond donors (Lipinski definition) is 2. The summed E-state index contributed by atoms with van der Waals surface area (Å²) in [6.45, 7) is 2.35. The minimum Gasteiger partial charge on any atom is -0.378 e. The van der Waals surface area contributed by atoms with Gasteiger partial charge in [-0.25, -0.2) is 0 Å². The number of benzene rings is 2. The van der Waals surface area contributed by atoms with E-state index >= 15 is 0 Å². The maximum atomic E-state index is 11.9. The molecule has 0 spiro atoms. The zero-order valence-corrected chi connectivity index (χ0v) is 10.8. The summed E-state index contributed by atoms with van der Waals surface area (Å²) in [5.74, 6) is -0.380. The van der Waals surface area contributed by atoms with Crippen molar-refractivity contribution in [3.63, 3.8) is 0 Å². The molecule has 0 bridgehead atoms. The highest BCUT2D eigenvalue weighted by molar-refractivity contribution is 5.81. The second kappa shape index (κ2) is 6.16. The van der Waals surface area contributed by atoms with E-state index in [1.54, 1.807) is 6.07 Å². The molecule has 0 aromatic heterocycles. The van der Waals surface area contributed by atoms with Gasteiger partial charge in [-0.05, 0) is 18.1 Å². The minimum absolute atomic E-state index is 0.380. The molecule has 0 saturated carbocycles. The molecule has 1 unspecified atom stereocenters. The standard InChI is InChI=1S/C16H17NO2/c1-12-6-5-9-14(10-12)15(18)16(19)17-11-13-7-3-2-4-8-13/h2-10,15,18H,11H2,1H3,(H,17,19). The third kappa shape index (κ3) is 3.66. The van der Waals surface area contributed by atoms with Gasteiger partial charge in [-0.3, -0.25) is 4.79 Å². The van der Waals surface area contributed by atoms with Gasteiger partial charge >= 0.3 is 0 Å². The Balaban J connectivity index is 1.96. The molecule has 2 aromatic rings. The van der Waals surface area contributed by atoms with Gasteiger partial charge in [0, 0.05) is 6.54 Å². The molecule has 0 saturated heterocycles. The number of aliphatic hydroxyl groups excluding tert-OH is 1. The average molecular weight is 255 g/mol. The van der Waals surface area contributed by atoms with E-state index in [0.29, 0.717) is 12.1 Å². The first-order valence-electron chi connectivity index (χ1n) is 6.23. The van der Waals surface area contributed by atoms with Crippen LogP contribution >= 0.6 is 0 Å². The van der Waals surface area contributed by atoms with E-state index in [1.165, 1.54) is 0 Å². The van der Waals surface area contributed by atoms with E-state index in [2.05, 4.69) is 5.32 Å². The van der Waals surface area contributed by atoms with Crippen molar-refractivity contribution in [2.45, 2.75) is 19.6 Å². The number of aliphatic hydroxyl groups is 1. The molecule has 2 rings (SSSR count). The van der Waals surface area contributed by atoms with E-state index in [0.717, 1.165) is 11.1 Å². The van der Waals surface area contributed by atoms with Crippen LogP contribution in [-0.4, -0.2) is 11.0 Å². The molecule has 2 aromatic carbocycles. The summed E-state index contributed by atoms with van der Waals surface area (Å²) in [6.07, 6.45) is -1.12. The van der Waals surface area contributed by atoms with Gasteiger partial charge < -0.3 is 10.4 Å². The highest BCUT2D eigenvalue weighted by Gasteiger charge is 2.16. The molecule has 0 radical (unpaired) electrons. The summed E-state index contributed by atoms with van der Waals surface area (Å²) in [5.41, 5.74) is 2.64. The molecule has 0 aliphatic carbocycles. The van der Waals surface area contributed by atoms with Gasteiger partial charge in [0.15, 0.2) is 6.10 Å². The molecule has 2 N–H and O–H groups in total. The quantitative estimate of drug-likeness (QED) is 0.881. The van der Waals surface area contributed by atoms with Crippen LogP contribution < -0.4 is 5.32 Å². The van der Waals surface area contributed by atoms with Crippen molar-refractivity contribution < 1.29 is 9.90 Å². The second-order valence-electron chi connectivity index (χ2n) is 4.52. The second-order valence-corrected chi connectivity index (χ2v) is 4.52. The van der Waals surface area contributed by atoms with E-state index in [9.17, 15) is 9.90 Å². The molecular weight excluding hydrogens is 238 g/mol. The number of nitrogens with one attached hydrogen (secondary N) is 1. The summed E-state index contributed by atoms with van der Waals surface area (Å²) in [5, 5.41) is 12.7. The lowest BCUT2D eigenvalue weighted by atomic mass is 10.1. The van der Waals surface area contributed by atoms with Crippen molar-refractivity contribution in [3.8, 4) is 0 Å². The van der Waals surface area contributed by atoms with Crippen molar-refractivity contribution in [2.24, 2.45) is 0 Å². The number of aryl methyl sites for hydroxylation is 1. The van der Waals surface area contributed by atoms with Gasteiger partial charge in [0.25, 0.3) is 5.91 Å². The number of carbonyl (C=O) groups excluding carboxylic acids is 1. The van der Waals surface area contributed by atoms with Crippen LogP contribution in [0.4, 0.5) is 0 Å². The highest BCUT2D eigenvalue weighted by atomic mass is 16.3. The predicted molar refractivity (Wildman–Crippen MR) is 74.4 cm³/mol. The molecule has 0 fully saturated rings. The molecule has 19 heavy (non-hydrogen) atoms. The third-order valence-electron chi connectivity index (χ3n) is 2.92. The van der Waals surface area contributed by atoms with Crippen molar-refractivity contribution in [1.82, 2.24) is 5.32 Å². The summed E-state index contributed by atoms with van der Waals surface area (Å²) >= 11 is 0. The predicted octanol–water partition coefficient (Wildman–Crippen LogP) is 2.34. The van der Waals surface area contributed by atoms with E-state index in [4.69, 9.17) is 0 Å². The Hall–Kier alpha value is -2.13. The zero-order valence-electron chi connectivity index (χ0n) is 10.8. The molecule has 0 heterocycles. The Morgan fingerprint density at radius 2 is 1.89 bits per heavy atom. The summed E-state index contributed by atoms with van der Waals surface area (Å²) < 4.78 is 0. The van der Waals surface area contributed by atoms with Gasteiger partial charge in [-0.15, -0.1) is 0 Å². The van der Waals surface area contributed by atoms with Gasteiger partial charge in [-0.1, -0.05) is 60.2 Å². The number of carbonyl (C=O) groups is 1. The van der Waals surface area contributed by atoms with Crippen LogP contribution in [0, 0.1) is 6.92 Å². The van der Waals surface area contributed by atoms with Crippen molar-refractivity contribution >= 4 is 5.91 Å². The lowest BCUT2D eigenvalue weighted by Gasteiger charge is -2.12. The fraction of sp³-hybridized carbons (Fsp3) is 0.188. The van der Waals surface area contributed by atoms with Crippen LogP contribution in [0.1, 0.15) is 22.8 Å². The molecular formula is C16H17NO2. The van der Waals surface area contributed by atoms with Crippen molar-refractivity contribution in [2.75, 3.05) is 0 Å². The van der Waals surface area contributed by atoms with Crippen LogP contribution in [0.3, 0.4) is 0 Å². The minimum atomic E-state index is -1.12. The number of rotatable bonds is 4. The zero-order chi connectivity index (χ0) is 13.7. The number of hydrogen-bond acceptors (Lipinski definition) is 2. The van der Waals surface area contributed by atoms with E-state index in [-0.39, 0.29) is 5.91 Å². The Bertz CT molecular complexity index is 552. The van der Waals surface area contributed by atoms with Gasteiger partial charge in [-0.2, -0.15) is 0 Å². The molecule has 1 atom stereocenters. The molecule has 3 nitrogen and oxygen atoms in total. The molecule has 0 aliphatic rings. The van der Waals surface area contributed by atoms with Gasteiger partial charge in [0.05, 0.1) is 0 Å². The lowest BCUT2D eigenvalue weighted by molar-refractivity contribution is -0.129. The normalized spacial score (nSPS) is 11.9. The van der Waals surface area contributed by atoms with Crippen LogP contribution in [0.15, 0.2) is 54.6 Å². The topological polar surface area (TPSA) is 49.3 Å². The Morgan fingerprint density at radius 3 is 2.58 bits per heavy atom. The number of amides is 1. The summed E-state index contributed by atoms with van der Waals surface area (Å²) in [7, 11) is 0. The van der Waals surface area contributed by atoms with Gasteiger partial charge in [0.1, 0.15) is 0 Å². The Labute approximate surface area is 112 Å². The molecule has 0 aliphatic heterocycles. The smallest absolute Gasteiger partial charge is 0.253 e. The maximum Gasteiger partial charge on any atom is 0.253 e. The Morgan fingerprint density at radius 1 is 1.16 bits per heavy atom. The van der Waals surface area contributed by atoms with Gasteiger partial charge in [0.2, 0.25) is 0 Å². The fourth-order valence-corrected chi connectivity index (χ4v) is 1.87. The van der Waals surface area contributed by atoms with Crippen LogP contribution in [-0.2, 0) is 11.3 Å². The van der Waals surface area contributed by atoms with Crippen molar-refractivity contribution in [3.05, 3.63) is 71.3 Å². The van der Waals surface area contributed by atoms with Crippen LogP contribution in [0.5, 0.6) is 0 Å². The third-order valence-corrected chi connectivity index (χ3v) is 2.92. The van der Waals surface area contributed by atoms with E-state index < -0.39 is 6.10 Å². The van der Waals surface area contributed by atoms with Crippen molar-refractivity contribution in [1.29, 1.82) is 0 Å². The monoisotopic (exact) mass is 255 g/mol. The first-order chi connectivity index (χ1) is 9.16.